The molecule has 0 unspecified atom stereocenters. The van der Waals surface area contributed by atoms with E-state index in [1.165, 1.54) is 4.90 Å². The topological polar surface area (TPSA) is 50.5 Å². The van der Waals surface area contributed by atoms with Crippen LogP contribution < -0.4 is 0 Å². The molecule has 27 heavy (non-hydrogen) atoms. The Bertz CT molecular complexity index is 986. The summed E-state index contributed by atoms with van der Waals surface area (Å²) in [5, 5.41) is -0.161. The molecule has 0 fully saturated rings. The van der Waals surface area contributed by atoms with Crippen molar-refractivity contribution >= 4 is 23.2 Å². The Morgan fingerprint density at radius 3 is 2.59 bits per heavy atom. The van der Waals surface area contributed by atoms with Gasteiger partial charge in [0.1, 0.15) is 5.69 Å². The number of pyridine rings is 2. The Balaban J connectivity index is 1.93. The molecule has 3 aromatic rings. The van der Waals surface area contributed by atoms with Crippen molar-refractivity contribution in [2.45, 2.75) is 19.5 Å². The van der Waals surface area contributed by atoms with Crippen molar-refractivity contribution in [1.82, 2.24) is 19.3 Å². The minimum Gasteiger partial charge on any atom is -0.340 e. The standard InChI is InChI=1S/C18H16ClF3N4O/c1-11-15(17(27)25(2)8-5-12-3-6-23-7-4-12)26-10-13(18(20,21)22)9-14(19)16(26)24-11/h3-4,6-7,9-10H,5,8H2,1-2H3. The van der Waals surface area contributed by atoms with Crippen LogP contribution in [0, 0.1) is 6.92 Å². The Morgan fingerprint density at radius 2 is 1.96 bits per heavy atom. The van der Waals surface area contributed by atoms with E-state index in [-0.39, 0.29) is 16.4 Å². The molecule has 0 atom stereocenters. The molecule has 3 aromatic heterocycles. The largest absolute Gasteiger partial charge is 0.417 e. The van der Waals surface area contributed by atoms with Gasteiger partial charge in [-0.1, -0.05) is 11.6 Å². The number of rotatable bonds is 4. The smallest absolute Gasteiger partial charge is 0.340 e. The van der Waals surface area contributed by atoms with E-state index in [4.69, 9.17) is 11.6 Å². The highest BCUT2D eigenvalue weighted by molar-refractivity contribution is 6.33. The van der Waals surface area contributed by atoms with Crippen LogP contribution in [-0.4, -0.2) is 38.8 Å². The van der Waals surface area contributed by atoms with Gasteiger partial charge in [-0.05, 0) is 37.1 Å². The second kappa shape index (κ2) is 7.19. The fourth-order valence-electron chi connectivity index (χ4n) is 2.76. The first-order chi connectivity index (χ1) is 12.7. The number of carbonyl (C=O) groups excluding carboxylic acids is 1. The SMILES string of the molecule is Cc1nc2c(Cl)cc(C(F)(F)F)cn2c1C(=O)N(C)CCc1ccncc1. The summed E-state index contributed by atoms with van der Waals surface area (Å²) in [5.74, 6) is -0.426. The first-order valence-corrected chi connectivity index (χ1v) is 8.46. The van der Waals surface area contributed by atoms with Crippen molar-refractivity contribution in [3.63, 3.8) is 0 Å². The molecule has 0 saturated heterocycles. The molecular formula is C18H16ClF3N4O. The first-order valence-electron chi connectivity index (χ1n) is 8.08. The van der Waals surface area contributed by atoms with Gasteiger partial charge in [-0.25, -0.2) is 4.98 Å². The van der Waals surface area contributed by atoms with Gasteiger partial charge >= 0.3 is 6.18 Å². The van der Waals surface area contributed by atoms with Crippen molar-refractivity contribution in [2.75, 3.05) is 13.6 Å². The van der Waals surface area contributed by atoms with Gasteiger partial charge in [0.25, 0.3) is 5.91 Å². The number of hydrogen-bond acceptors (Lipinski definition) is 3. The van der Waals surface area contributed by atoms with Crippen LogP contribution in [-0.2, 0) is 12.6 Å². The molecule has 0 bridgehead atoms. The molecule has 5 nitrogen and oxygen atoms in total. The number of amides is 1. The van der Waals surface area contributed by atoms with Gasteiger partial charge in [-0.15, -0.1) is 0 Å². The fraction of sp³-hybridized carbons (Fsp3) is 0.278. The van der Waals surface area contributed by atoms with Gasteiger partial charge < -0.3 is 4.90 Å². The summed E-state index contributed by atoms with van der Waals surface area (Å²) in [7, 11) is 1.59. The van der Waals surface area contributed by atoms with E-state index in [0.29, 0.717) is 18.7 Å². The van der Waals surface area contributed by atoms with Crippen molar-refractivity contribution in [2.24, 2.45) is 0 Å². The van der Waals surface area contributed by atoms with Gasteiger partial charge in [0, 0.05) is 32.2 Å². The summed E-state index contributed by atoms with van der Waals surface area (Å²) < 4.78 is 40.4. The molecule has 3 rings (SSSR count). The fourth-order valence-corrected chi connectivity index (χ4v) is 3.01. The number of carbonyl (C=O) groups is 1. The van der Waals surface area contributed by atoms with Crippen molar-refractivity contribution in [1.29, 1.82) is 0 Å². The molecule has 9 heteroatoms. The third-order valence-corrected chi connectivity index (χ3v) is 4.49. The van der Waals surface area contributed by atoms with Gasteiger partial charge in [0.05, 0.1) is 16.3 Å². The molecule has 0 aliphatic heterocycles. The second-order valence-corrected chi connectivity index (χ2v) is 6.55. The molecule has 0 spiro atoms. The number of halogens is 4. The van der Waals surface area contributed by atoms with Crippen LogP contribution in [0.2, 0.25) is 5.02 Å². The molecule has 0 aliphatic rings. The predicted octanol–water partition coefficient (Wildman–Crippen LogP) is 4.02. The molecule has 0 aliphatic carbocycles. The summed E-state index contributed by atoms with van der Waals surface area (Å²) in [4.78, 5) is 22.4. The molecule has 0 radical (unpaired) electrons. The Morgan fingerprint density at radius 1 is 1.30 bits per heavy atom. The third kappa shape index (κ3) is 3.90. The number of aryl methyl sites for hydroxylation is 1. The average Bonchev–Trinajstić information content (AvgIpc) is 2.95. The van der Waals surface area contributed by atoms with Crippen LogP contribution in [0.5, 0.6) is 0 Å². The number of hydrogen-bond donors (Lipinski definition) is 0. The zero-order chi connectivity index (χ0) is 19.8. The van der Waals surface area contributed by atoms with Gasteiger partial charge in [0.15, 0.2) is 5.65 Å². The Hall–Kier alpha value is -2.61. The number of likely N-dealkylation sites (N-methyl/N-ethyl adjacent to an activating group) is 1. The number of alkyl halides is 3. The number of imidazole rings is 1. The maximum atomic E-state index is 13.1. The Kier molecular flexibility index (Phi) is 5.10. The number of nitrogens with zero attached hydrogens (tertiary/aromatic N) is 4. The molecule has 142 valence electrons. The van der Waals surface area contributed by atoms with Gasteiger partial charge in [0.2, 0.25) is 0 Å². The van der Waals surface area contributed by atoms with E-state index in [9.17, 15) is 18.0 Å². The van der Waals surface area contributed by atoms with Crippen LogP contribution in [0.15, 0.2) is 36.8 Å². The summed E-state index contributed by atoms with van der Waals surface area (Å²) in [6.07, 6.45) is 0.183. The lowest BCUT2D eigenvalue weighted by molar-refractivity contribution is -0.137. The van der Waals surface area contributed by atoms with Crippen molar-refractivity contribution in [3.05, 3.63) is 64.3 Å². The zero-order valence-electron chi connectivity index (χ0n) is 14.6. The van der Waals surface area contributed by atoms with Gasteiger partial charge in [-0.2, -0.15) is 13.2 Å². The van der Waals surface area contributed by atoms with E-state index < -0.39 is 17.6 Å². The third-order valence-electron chi connectivity index (χ3n) is 4.21. The lowest BCUT2D eigenvalue weighted by atomic mass is 10.2. The highest BCUT2D eigenvalue weighted by Crippen LogP contribution is 2.33. The normalized spacial score (nSPS) is 11.8. The molecule has 0 aromatic carbocycles. The zero-order valence-corrected chi connectivity index (χ0v) is 15.3. The average molecular weight is 397 g/mol. The van der Waals surface area contributed by atoms with Crippen LogP contribution in [0.3, 0.4) is 0 Å². The molecule has 3 heterocycles. The highest BCUT2D eigenvalue weighted by atomic mass is 35.5. The van der Waals surface area contributed by atoms with Gasteiger partial charge in [-0.3, -0.25) is 14.2 Å². The monoisotopic (exact) mass is 396 g/mol. The van der Waals surface area contributed by atoms with Crippen LogP contribution in [0.1, 0.15) is 27.3 Å². The summed E-state index contributed by atoms with van der Waals surface area (Å²) >= 11 is 5.96. The molecule has 0 N–H and O–H groups in total. The maximum absolute atomic E-state index is 13.1. The van der Waals surface area contributed by atoms with Crippen LogP contribution in [0.4, 0.5) is 13.2 Å². The van der Waals surface area contributed by atoms with E-state index >= 15 is 0 Å². The van der Waals surface area contributed by atoms with E-state index in [2.05, 4.69) is 9.97 Å². The molecule has 1 amide bonds. The minimum absolute atomic E-state index is 0.0650. The van der Waals surface area contributed by atoms with Crippen molar-refractivity contribution < 1.29 is 18.0 Å². The number of fused-ring (bicyclic) bond motifs is 1. The predicted molar refractivity (Wildman–Crippen MR) is 94.8 cm³/mol. The van der Waals surface area contributed by atoms with E-state index in [1.54, 1.807) is 26.4 Å². The Labute approximate surface area is 158 Å². The molecular weight excluding hydrogens is 381 g/mol. The lowest BCUT2D eigenvalue weighted by Gasteiger charge is -2.18. The van der Waals surface area contributed by atoms with E-state index in [1.807, 2.05) is 12.1 Å². The quantitative estimate of drug-likeness (QED) is 0.669. The van der Waals surface area contributed by atoms with Crippen molar-refractivity contribution in [3.8, 4) is 0 Å². The molecule has 0 saturated carbocycles. The summed E-state index contributed by atoms with van der Waals surface area (Å²) in [5.41, 5.74) is 0.563. The number of aromatic nitrogens is 3. The lowest BCUT2D eigenvalue weighted by Crippen LogP contribution is -2.30. The minimum atomic E-state index is -4.58. The highest BCUT2D eigenvalue weighted by Gasteiger charge is 2.33. The van der Waals surface area contributed by atoms with Crippen LogP contribution in [0.25, 0.3) is 5.65 Å². The summed E-state index contributed by atoms with van der Waals surface area (Å²) in [6.45, 7) is 1.96. The van der Waals surface area contributed by atoms with Crippen LogP contribution >= 0.6 is 11.6 Å². The van der Waals surface area contributed by atoms with E-state index in [0.717, 1.165) is 22.2 Å². The maximum Gasteiger partial charge on any atom is 0.417 e. The summed E-state index contributed by atoms with van der Waals surface area (Å²) in [6, 6.07) is 4.49. The second-order valence-electron chi connectivity index (χ2n) is 6.15. The first kappa shape index (κ1) is 19.2.